The van der Waals surface area contributed by atoms with Crippen molar-refractivity contribution in [2.24, 2.45) is 0 Å². The Morgan fingerprint density at radius 2 is 1.70 bits per heavy atom. The largest absolute Gasteiger partial charge is 0.459 e. The quantitative estimate of drug-likeness (QED) is 0.763. The number of rotatable bonds is 6. The van der Waals surface area contributed by atoms with E-state index >= 15 is 0 Å². The number of anilines is 1. The molecule has 0 aliphatic carbocycles. The topological polar surface area (TPSA) is 88.2 Å². The van der Waals surface area contributed by atoms with Crippen molar-refractivity contribution in [2.45, 2.75) is 26.9 Å². The minimum absolute atomic E-state index is 0.142. The Hall–Kier alpha value is -2.61. The summed E-state index contributed by atoms with van der Waals surface area (Å²) in [5, 5.41) is 2.81. The standard InChI is InChI=1S/C19H27N3O5/c1-4-26-19(25)22-11-9-21(10-12-22)13-17(23)20-16-7-5-15(6-8-16)18(24)27-14(2)3/h5-8,14H,4,9-13H2,1-3H3,(H,20,23). The van der Waals surface area contributed by atoms with Gasteiger partial charge in [-0.2, -0.15) is 0 Å². The Balaban J connectivity index is 1.78. The highest BCUT2D eigenvalue weighted by atomic mass is 16.6. The van der Waals surface area contributed by atoms with Crippen LogP contribution in [-0.2, 0) is 14.3 Å². The van der Waals surface area contributed by atoms with Crippen LogP contribution in [0.15, 0.2) is 24.3 Å². The second kappa shape index (κ2) is 9.91. The molecule has 1 fully saturated rings. The van der Waals surface area contributed by atoms with Crippen LogP contribution in [-0.4, -0.2) is 73.2 Å². The molecule has 0 bridgehead atoms. The number of benzene rings is 1. The molecular formula is C19H27N3O5. The van der Waals surface area contributed by atoms with E-state index in [1.807, 2.05) is 4.90 Å². The summed E-state index contributed by atoms with van der Waals surface area (Å²) in [7, 11) is 0. The molecule has 1 aromatic rings. The van der Waals surface area contributed by atoms with Crippen LogP contribution in [0.5, 0.6) is 0 Å². The van der Waals surface area contributed by atoms with Crippen molar-refractivity contribution in [3.63, 3.8) is 0 Å². The average Bonchev–Trinajstić information content (AvgIpc) is 2.62. The van der Waals surface area contributed by atoms with Crippen LogP contribution in [0.1, 0.15) is 31.1 Å². The number of nitrogens with zero attached hydrogens (tertiary/aromatic N) is 2. The Morgan fingerprint density at radius 3 is 2.26 bits per heavy atom. The van der Waals surface area contributed by atoms with Gasteiger partial charge in [-0.1, -0.05) is 0 Å². The van der Waals surface area contributed by atoms with Gasteiger partial charge in [-0.25, -0.2) is 9.59 Å². The zero-order chi connectivity index (χ0) is 19.8. The summed E-state index contributed by atoms with van der Waals surface area (Å²) in [6, 6.07) is 6.60. The SMILES string of the molecule is CCOC(=O)N1CCN(CC(=O)Nc2ccc(C(=O)OC(C)C)cc2)CC1. The Kier molecular flexibility index (Phi) is 7.60. The second-order valence-corrected chi connectivity index (χ2v) is 6.54. The van der Waals surface area contributed by atoms with Gasteiger partial charge in [-0.05, 0) is 45.0 Å². The van der Waals surface area contributed by atoms with Gasteiger partial charge in [-0.3, -0.25) is 9.69 Å². The van der Waals surface area contributed by atoms with Crippen molar-refractivity contribution in [3.05, 3.63) is 29.8 Å². The molecule has 1 N–H and O–H groups in total. The number of esters is 1. The van der Waals surface area contributed by atoms with Gasteiger partial charge < -0.3 is 19.7 Å². The van der Waals surface area contributed by atoms with Gasteiger partial charge in [-0.15, -0.1) is 0 Å². The van der Waals surface area contributed by atoms with Crippen molar-refractivity contribution in [1.82, 2.24) is 9.80 Å². The third-order valence-corrected chi connectivity index (χ3v) is 4.01. The summed E-state index contributed by atoms with van der Waals surface area (Å²) in [4.78, 5) is 39.3. The van der Waals surface area contributed by atoms with Gasteiger partial charge in [0.25, 0.3) is 0 Å². The van der Waals surface area contributed by atoms with Gasteiger partial charge in [0.05, 0.1) is 24.8 Å². The molecule has 0 saturated carbocycles. The van der Waals surface area contributed by atoms with Crippen molar-refractivity contribution in [3.8, 4) is 0 Å². The van der Waals surface area contributed by atoms with E-state index in [4.69, 9.17) is 9.47 Å². The van der Waals surface area contributed by atoms with E-state index in [0.29, 0.717) is 44.0 Å². The highest BCUT2D eigenvalue weighted by molar-refractivity contribution is 5.94. The molecule has 0 atom stereocenters. The number of piperazine rings is 1. The maximum absolute atomic E-state index is 12.2. The first-order valence-electron chi connectivity index (χ1n) is 9.14. The van der Waals surface area contributed by atoms with Crippen LogP contribution in [0, 0.1) is 0 Å². The zero-order valence-electron chi connectivity index (χ0n) is 16.1. The minimum atomic E-state index is -0.387. The third kappa shape index (κ3) is 6.56. The minimum Gasteiger partial charge on any atom is -0.459 e. The number of ether oxygens (including phenoxy) is 2. The number of nitrogens with one attached hydrogen (secondary N) is 1. The number of hydrogen-bond acceptors (Lipinski definition) is 6. The molecular weight excluding hydrogens is 350 g/mol. The molecule has 27 heavy (non-hydrogen) atoms. The average molecular weight is 377 g/mol. The van der Waals surface area contributed by atoms with E-state index < -0.39 is 0 Å². The first-order chi connectivity index (χ1) is 12.9. The molecule has 1 aromatic carbocycles. The van der Waals surface area contributed by atoms with E-state index in [1.165, 1.54) is 0 Å². The molecule has 0 radical (unpaired) electrons. The van der Waals surface area contributed by atoms with Gasteiger partial charge >= 0.3 is 12.1 Å². The number of amides is 2. The van der Waals surface area contributed by atoms with E-state index in [9.17, 15) is 14.4 Å². The van der Waals surface area contributed by atoms with Crippen molar-refractivity contribution >= 4 is 23.7 Å². The van der Waals surface area contributed by atoms with Crippen molar-refractivity contribution in [2.75, 3.05) is 44.6 Å². The third-order valence-electron chi connectivity index (χ3n) is 4.01. The van der Waals surface area contributed by atoms with E-state index in [1.54, 1.807) is 49.9 Å². The lowest BCUT2D eigenvalue weighted by molar-refractivity contribution is -0.117. The van der Waals surface area contributed by atoms with Crippen molar-refractivity contribution < 1.29 is 23.9 Å². The fourth-order valence-corrected chi connectivity index (χ4v) is 2.68. The summed E-state index contributed by atoms with van der Waals surface area (Å²) in [5.74, 6) is -0.528. The van der Waals surface area contributed by atoms with Crippen LogP contribution in [0.2, 0.25) is 0 Å². The summed E-state index contributed by atoms with van der Waals surface area (Å²) < 4.78 is 10.1. The van der Waals surface area contributed by atoms with Gasteiger partial charge in [0.2, 0.25) is 5.91 Å². The van der Waals surface area contributed by atoms with E-state index in [2.05, 4.69) is 5.32 Å². The second-order valence-electron chi connectivity index (χ2n) is 6.54. The predicted octanol–water partition coefficient (Wildman–Crippen LogP) is 1.96. The molecule has 2 rings (SSSR count). The molecule has 0 spiro atoms. The first-order valence-corrected chi connectivity index (χ1v) is 9.14. The Labute approximate surface area is 159 Å². The lowest BCUT2D eigenvalue weighted by atomic mass is 10.2. The first kappa shape index (κ1) is 20.7. The molecule has 1 aliphatic heterocycles. The lowest BCUT2D eigenvalue weighted by Crippen LogP contribution is -2.50. The zero-order valence-corrected chi connectivity index (χ0v) is 16.1. The van der Waals surface area contributed by atoms with Crippen LogP contribution in [0.25, 0.3) is 0 Å². The van der Waals surface area contributed by atoms with E-state index in [0.717, 1.165) is 0 Å². The molecule has 8 heteroatoms. The van der Waals surface area contributed by atoms with Crippen LogP contribution in [0.4, 0.5) is 10.5 Å². The molecule has 8 nitrogen and oxygen atoms in total. The number of hydrogen-bond donors (Lipinski definition) is 1. The monoisotopic (exact) mass is 377 g/mol. The summed E-state index contributed by atoms with van der Waals surface area (Å²) >= 11 is 0. The smallest absolute Gasteiger partial charge is 0.409 e. The molecule has 0 aromatic heterocycles. The lowest BCUT2D eigenvalue weighted by Gasteiger charge is -2.33. The Morgan fingerprint density at radius 1 is 1.07 bits per heavy atom. The maximum atomic E-state index is 12.2. The van der Waals surface area contributed by atoms with Crippen LogP contribution >= 0.6 is 0 Å². The summed E-state index contributed by atoms with van der Waals surface area (Å²) in [6.07, 6.45) is -0.487. The predicted molar refractivity (Wildman–Crippen MR) is 101 cm³/mol. The maximum Gasteiger partial charge on any atom is 0.409 e. The highest BCUT2D eigenvalue weighted by Gasteiger charge is 2.23. The fraction of sp³-hybridized carbons (Fsp3) is 0.526. The molecule has 2 amide bonds. The van der Waals surface area contributed by atoms with Gasteiger partial charge in [0.15, 0.2) is 0 Å². The molecule has 1 saturated heterocycles. The number of carbonyl (C=O) groups is 3. The molecule has 1 heterocycles. The summed E-state index contributed by atoms with van der Waals surface area (Å²) in [5.41, 5.74) is 1.06. The van der Waals surface area contributed by atoms with Gasteiger partial charge in [0, 0.05) is 31.9 Å². The van der Waals surface area contributed by atoms with Gasteiger partial charge in [0.1, 0.15) is 0 Å². The fourth-order valence-electron chi connectivity index (χ4n) is 2.68. The van der Waals surface area contributed by atoms with E-state index in [-0.39, 0.29) is 30.6 Å². The number of carbonyl (C=O) groups excluding carboxylic acids is 3. The molecule has 1 aliphatic rings. The molecule has 148 valence electrons. The normalized spacial score (nSPS) is 14.7. The van der Waals surface area contributed by atoms with Crippen LogP contribution in [0.3, 0.4) is 0 Å². The summed E-state index contributed by atoms with van der Waals surface area (Å²) in [6.45, 7) is 8.27. The van der Waals surface area contributed by atoms with Crippen molar-refractivity contribution in [1.29, 1.82) is 0 Å². The van der Waals surface area contributed by atoms with Crippen LogP contribution < -0.4 is 5.32 Å². The highest BCUT2D eigenvalue weighted by Crippen LogP contribution is 2.12. The molecule has 0 unspecified atom stereocenters. The Bertz CT molecular complexity index is 652.